The van der Waals surface area contributed by atoms with Crippen LogP contribution in [0.4, 0.5) is 0 Å². The highest BCUT2D eigenvalue weighted by molar-refractivity contribution is 6.31. The van der Waals surface area contributed by atoms with E-state index in [1.54, 1.807) is 54.6 Å². The van der Waals surface area contributed by atoms with Crippen LogP contribution in [0.25, 0.3) is 10.8 Å². The van der Waals surface area contributed by atoms with Gasteiger partial charge in [0, 0.05) is 27.9 Å². The largest absolute Gasteiger partial charge is 0.486 e. The fourth-order valence-corrected chi connectivity index (χ4v) is 4.59. The number of carbonyl (C=O) groups excluding carboxylic acids is 2. The first-order valence-electron chi connectivity index (χ1n) is 13.7. The summed E-state index contributed by atoms with van der Waals surface area (Å²) >= 11 is 12.4. The van der Waals surface area contributed by atoms with Gasteiger partial charge in [-0.3, -0.25) is 4.79 Å². The molecule has 4 rings (SSSR count). The summed E-state index contributed by atoms with van der Waals surface area (Å²) in [4.78, 5) is 26.7. The molecule has 4 aromatic rings. The first kappa shape index (κ1) is 31.2. The van der Waals surface area contributed by atoms with Crippen LogP contribution in [-0.2, 0) is 20.7 Å². The minimum atomic E-state index is -1.00. The molecule has 0 saturated heterocycles. The number of ether oxygens (including phenoxy) is 5. The first-order valence-corrected chi connectivity index (χ1v) is 14.4. The van der Waals surface area contributed by atoms with Crippen molar-refractivity contribution in [2.75, 3.05) is 20.3 Å². The average Bonchev–Trinajstić information content (AvgIpc) is 2.99. The van der Waals surface area contributed by atoms with Crippen LogP contribution in [0.15, 0.2) is 72.8 Å². The van der Waals surface area contributed by atoms with Crippen molar-refractivity contribution in [2.45, 2.75) is 39.2 Å². The number of benzene rings is 4. The number of esters is 2. The number of halogens is 2. The number of hydrogen-bond acceptors (Lipinski definition) is 7. The van der Waals surface area contributed by atoms with Gasteiger partial charge in [0.25, 0.3) is 0 Å². The fraction of sp³-hybridized carbons (Fsp3) is 0.273. The van der Waals surface area contributed by atoms with Gasteiger partial charge >= 0.3 is 11.9 Å². The molecule has 0 saturated carbocycles. The normalized spacial score (nSPS) is 11.6. The third kappa shape index (κ3) is 7.53. The van der Waals surface area contributed by atoms with Gasteiger partial charge in [0.2, 0.25) is 11.5 Å². The lowest BCUT2D eigenvalue weighted by Gasteiger charge is -2.23. The fourth-order valence-electron chi connectivity index (χ4n) is 4.30. The molecule has 1 unspecified atom stereocenters. The molecule has 4 aromatic carbocycles. The zero-order valence-corrected chi connectivity index (χ0v) is 25.2. The monoisotopic (exact) mass is 610 g/mol. The second kappa shape index (κ2) is 14.9. The van der Waals surface area contributed by atoms with E-state index in [9.17, 15) is 9.59 Å². The highest BCUT2D eigenvalue weighted by Crippen LogP contribution is 2.52. The van der Waals surface area contributed by atoms with Crippen molar-refractivity contribution in [2.24, 2.45) is 0 Å². The second-order valence-corrected chi connectivity index (χ2v) is 10.3. The molecule has 0 aliphatic rings. The van der Waals surface area contributed by atoms with Crippen molar-refractivity contribution >= 4 is 45.9 Å². The molecular formula is C33H32Cl2O7. The standard InChI is InChI=1S/C33H32Cl2O7/c1-4-17-39-31-29(41-27(36)19-21-11-13-23(34)14-12-21)25-16-15-24(35)20-26(25)30(32(31)40-18-5-2)42-33(37)28(38-3)22-9-7-6-8-10-22/h6-16,20,28H,4-5,17-19H2,1-3H3. The SMILES string of the molecule is CCCOc1c(OCCC)c(OC(=O)C(OC)c2ccccc2)c2cc(Cl)ccc2c1OC(=O)Cc1ccc(Cl)cc1. The summed E-state index contributed by atoms with van der Waals surface area (Å²) < 4.78 is 29.8. The Hall–Kier alpha value is -3.78. The summed E-state index contributed by atoms with van der Waals surface area (Å²) in [6, 6.07) is 20.9. The predicted octanol–water partition coefficient (Wildman–Crippen LogP) is 8.17. The summed E-state index contributed by atoms with van der Waals surface area (Å²) in [6.07, 6.45) is 0.314. The molecule has 1 atom stereocenters. The van der Waals surface area contributed by atoms with Gasteiger partial charge in [-0.25, -0.2) is 4.79 Å². The van der Waals surface area contributed by atoms with Crippen LogP contribution in [0.5, 0.6) is 23.0 Å². The van der Waals surface area contributed by atoms with Crippen molar-refractivity contribution < 1.29 is 33.3 Å². The van der Waals surface area contributed by atoms with Crippen LogP contribution in [0, 0.1) is 0 Å². The molecule has 0 N–H and O–H groups in total. The van der Waals surface area contributed by atoms with Crippen molar-refractivity contribution in [1.82, 2.24) is 0 Å². The van der Waals surface area contributed by atoms with Crippen molar-refractivity contribution in [3.63, 3.8) is 0 Å². The van der Waals surface area contributed by atoms with E-state index in [0.29, 0.717) is 45.8 Å². The Kier molecular flexibility index (Phi) is 11.1. The highest BCUT2D eigenvalue weighted by Gasteiger charge is 2.31. The summed E-state index contributed by atoms with van der Waals surface area (Å²) in [5.41, 5.74) is 1.35. The molecule has 0 spiro atoms. The number of hydrogen-bond donors (Lipinski definition) is 0. The van der Waals surface area contributed by atoms with Crippen molar-refractivity contribution in [3.8, 4) is 23.0 Å². The first-order chi connectivity index (χ1) is 20.4. The third-order valence-electron chi connectivity index (χ3n) is 6.22. The lowest BCUT2D eigenvalue weighted by Crippen LogP contribution is -2.21. The number of rotatable bonds is 13. The molecule has 0 aromatic heterocycles. The maximum atomic E-state index is 13.5. The molecule has 0 aliphatic heterocycles. The topological polar surface area (TPSA) is 80.3 Å². The minimum absolute atomic E-state index is 0.00600. The molecule has 9 heteroatoms. The van der Waals surface area contributed by atoms with Crippen LogP contribution in [0.3, 0.4) is 0 Å². The van der Waals surface area contributed by atoms with Crippen molar-refractivity contribution in [1.29, 1.82) is 0 Å². The van der Waals surface area contributed by atoms with Gasteiger partial charge < -0.3 is 23.7 Å². The van der Waals surface area contributed by atoms with Crippen LogP contribution >= 0.6 is 23.2 Å². The van der Waals surface area contributed by atoms with Gasteiger partial charge in [-0.2, -0.15) is 0 Å². The van der Waals surface area contributed by atoms with Crippen LogP contribution < -0.4 is 18.9 Å². The summed E-state index contributed by atoms with van der Waals surface area (Å²) in [5.74, 6) is -0.671. The molecule has 0 bridgehead atoms. The Labute approximate surface area is 255 Å². The van der Waals surface area contributed by atoms with E-state index < -0.39 is 18.0 Å². The maximum Gasteiger partial charge on any atom is 0.345 e. The zero-order chi connectivity index (χ0) is 30.1. The Morgan fingerprint density at radius 1 is 0.714 bits per heavy atom. The Bertz CT molecular complexity index is 1520. The highest BCUT2D eigenvalue weighted by atomic mass is 35.5. The molecular weight excluding hydrogens is 579 g/mol. The Morgan fingerprint density at radius 3 is 1.90 bits per heavy atom. The van der Waals surface area contributed by atoms with Gasteiger partial charge in [0.15, 0.2) is 17.6 Å². The molecule has 0 amide bonds. The Balaban J connectivity index is 1.85. The van der Waals surface area contributed by atoms with E-state index >= 15 is 0 Å². The molecule has 0 radical (unpaired) electrons. The molecule has 0 aliphatic carbocycles. The van der Waals surface area contributed by atoms with Gasteiger partial charge in [-0.1, -0.05) is 79.5 Å². The van der Waals surface area contributed by atoms with E-state index in [4.69, 9.17) is 46.9 Å². The van der Waals surface area contributed by atoms with E-state index in [-0.39, 0.29) is 36.0 Å². The lowest BCUT2D eigenvalue weighted by atomic mass is 10.1. The van der Waals surface area contributed by atoms with E-state index in [0.717, 1.165) is 5.56 Å². The van der Waals surface area contributed by atoms with E-state index in [1.807, 2.05) is 32.0 Å². The van der Waals surface area contributed by atoms with Gasteiger partial charge in [0.1, 0.15) is 0 Å². The minimum Gasteiger partial charge on any atom is -0.486 e. The van der Waals surface area contributed by atoms with Gasteiger partial charge in [-0.05, 0) is 54.3 Å². The number of fused-ring (bicyclic) bond motifs is 1. The van der Waals surface area contributed by atoms with Crippen LogP contribution in [0.1, 0.15) is 43.9 Å². The molecule has 7 nitrogen and oxygen atoms in total. The van der Waals surface area contributed by atoms with Gasteiger partial charge in [0.05, 0.1) is 19.6 Å². The average molecular weight is 612 g/mol. The number of methoxy groups -OCH3 is 1. The molecule has 220 valence electrons. The number of carbonyl (C=O) groups is 2. The zero-order valence-electron chi connectivity index (χ0n) is 23.7. The van der Waals surface area contributed by atoms with E-state index in [1.165, 1.54) is 7.11 Å². The van der Waals surface area contributed by atoms with Crippen LogP contribution in [-0.4, -0.2) is 32.3 Å². The quantitative estimate of drug-likeness (QED) is 0.111. The summed E-state index contributed by atoms with van der Waals surface area (Å²) in [7, 11) is 1.43. The predicted molar refractivity (Wildman–Crippen MR) is 163 cm³/mol. The smallest absolute Gasteiger partial charge is 0.345 e. The summed E-state index contributed by atoms with van der Waals surface area (Å²) in [6.45, 7) is 4.47. The summed E-state index contributed by atoms with van der Waals surface area (Å²) in [5, 5.41) is 1.81. The second-order valence-electron chi connectivity index (χ2n) is 9.43. The molecule has 0 fully saturated rings. The maximum absolute atomic E-state index is 13.5. The molecule has 42 heavy (non-hydrogen) atoms. The van der Waals surface area contributed by atoms with Crippen LogP contribution in [0.2, 0.25) is 10.0 Å². The van der Waals surface area contributed by atoms with Gasteiger partial charge in [-0.15, -0.1) is 0 Å². The lowest BCUT2D eigenvalue weighted by molar-refractivity contribution is -0.146. The van der Waals surface area contributed by atoms with E-state index in [2.05, 4.69) is 0 Å². The molecule has 0 heterocycles. The third-order valence-corrected chi connectivity index (χ3v) is 6.71. The van der Waals surface area contributed by atoms with Crippen molar-refractivity contribution in [3.05, 3.63) is 94.0 Å². The Morgan fingerprint density at radius 2 is 1.31 bits per heavy atom.